The fourth-order valence-electron chi connectivity index (χ4n) is 3.27. The van der Waals surface area contributed by atoms with E-state index < -0.39 is 0 Å². The van der Waals surface area contributed by atoms with E-state index in [4.69, 9.17) is 5.73 Å². The van der Waals surface area contributed by atoms with E-state index in [9.17, 15) is 4.39 Å². The van der Waals surface area contributed by atoms with Crippen LogP contribution in [0, 0.1) is 11.7 Å². The van der Waals surface area contributed by atoms with Crippen LogP contribution in [0.3, 0.4) is 0 Å². The molecule has 2 unspecified atom stereocenters. The third-order valence-corrected chi connectivity index (χ3v) is 4.43. The zero-order valence-electron chi connectivity index (χ0n) is 11.8. The van der Waals surface area contributed by atoms with Crippen molar-refractivity contribution in [2.45, 2.75) is 31.7 Å². The standard InChI is InChI=1S/C15H21FN4/c1-20(14-5-3-2-4-10(14)9-17)15-18-12-7-6-11(16)8-13(12)19-15/h6-8,10,14H,2-5,9,17H2,1H3,(H,18,19). The maximum atomic E-state index is 13.2. The van der Waals surface area contributed by atoms with Crippen LogP contribution in [0.5, 0.6) is 0 Å². The Bertz CT molecular complexity index is 595. The number of benzene rings is 1. The first-order valence-corrected chi connectivity index (χ1v) is 7.27. The molecule has 1 aliphatic carbocycles. The van der Waals surface area contributed by atoms with Gasteiger partial charge in [0.25, 0.3) is 0 Å². The SMILES string of the molecule is CN(c1nc2ccc(F)cc2[nH]1)C1CCCCC1CN. The van der Waals surface area contributed by atoms with E-state index in [2.05, 4.69) is 14.9 Å². The molecule has 0 bridgehead atoms. The molecule has 5 heteroatoms. The Kier molecular flexibility index (Phi) is 3.61. The summed E-state index contributed by atoms with van der Waals surface area (Å²) in [6.45, 7) is 0.712. The maximum absolute atomic E-state index is 13.2. The third-order valence-electron chi connectivity index (χ3n) is 4.43. The number of aromatic amines is 1. The van der Waals surface area contributed by atoms with Crippen molar-refractivity contribution < 1.29 is 4.39 Å². The number of halogens is 1. The first-order chi connectivity index (χ1) is 9.69. The monoisotopic (exact) mass is 276 g/mol. The highest BCUT2D eigenvalue weighted by atomic mass is 19.1. The Morgan fingerprint density at radius 2 is 2.20 bits per heavy atom. The van der Waals surface area contributed by atoms with Crippen molar-refractivity contribution in [2.75, 3.05) is 18.5 Å². The Labute approximate surface area is 118 Å². The normalized spacial score (nSPS) is 23.1. The van der Waals surface area contributed by atoms with Gasteiger partial charge in [-0.3, -0.25) is 0 Å². The van der Waals surface area contributed by atoms with Crippen molar-refractivity contribution in [3.8, 4) is 0 Å². The highest BCUT2D eigenvalue weighted by Crippen LogP contribution is 2.30. The van der Waals surface area contributed by atoms with Gasteiger partial charge < -0.3 is 15.6 Å². The van der Waals surface area contributed by atoms with Crippen molar-refractivity contribution in [3.63, 3.8) is 0 Å². The van der Waals surface area contributed by atoms with Gasteiger partial charge >= 0.3 is 0 Å². The predicted molar refractivity (Wildman–Crippen MR) is 79.3 cm³/mol. The molecule has 1 saturated carbocycles. The lowest BCUT2D eigenvalue weighted by Gasteiger charge is -2.37. The largest absolute Gasteiger partial charge is 0.342 e. The number of imidazole rings is 1. The van der Waals surface area contributed by atoms with Crippen molar-refractivity contribution in [1.29, 1.82) is 0 Å². The van der Waals surface area contributed by atoms with Gasteiger partial charge in [0, 0.05) is 13.1 Å². The number of fused-ring (bicyclic) bond motifs is 1. The Morgan fingerprint density at radius 1 is 1.40 bits per heavy atom. The summed E-state index contributed by atoms with van der Waals surface area (Å²) in [5.41, 5.74) is 7.44. The number of anilines is 1. The number of hydrogen-bond acceptors (Lipinski definition) is 3. The molecule has 4 nitrogen and oxygen atoms in total. The highest BCUT2D eigenvalue weighted by molar-refractivity contribution is 5.77. The number of nitrogens with two attached hydrogens (primary N) is 1. The minimum absolute atomic E-state index is 0.243. The first kappa shape index (κ1) is 13.4. The number of nitrogens with zero attached hydrogens (tertiary/aromatic N) is 2. The molecule has 108 valence electrons. The van der Waals surface area contributed by atoms with E-state index in [-0.39, 0.29) is 5.82 Å². The van der Waals surface area contributed by atoms with Crippen LogP contribution in [-0.2, 0) is 0 Å². The molecule has 0 radical (unpaired) electrons. The molecule has 0 amide bonds. The summed E-state index contributed by atoms with van der Waals surface area (Å²) < 4.78 is 13.2. The molecule has 0 saturated heterocycles. The maximum Gasteiger partial charge on any atom is 0.203 e. The van der Waals surface area contributed by atoms with Crippen LogP contribution in [0.4, 0.5) is 10.3 Å². The van der Waals surface area contributed by atoms with Gasteiger partial charge in [-0.1, -0.05) is 12.8 Å². The molecule has 20 heavy (non-hydrogen) atoms. The van der Waals surface area contributed by atoms with Crippen molar-refractivity contribution >= 4 is 17.0 Å². The molecule has 2 aromatic rings. The van der Waals surface area contributed by atoms with Crippen LogP contribution in [0.25, 0.3) is 11.0 Å². The van der Waals surface area contributed by atoms with E-state index in [0.29, 0.717) is 18.5 Å². The number of nitrogens with one attached hydrogen (secondary N) is 1. The van der Waals surface area contributed by atoms with Gasteiger partial charge in [0.2, 0.25) is 5.95 Å². The van der Waals surface area contributed by atoms with E-state index in [1.54, 1.807) is 6.07 Å². The van der Waals surface area contributed by atoms with Crippen LogP contribution in [0.1, 0.15) is 25.7 Å². The molecule has 3 N–H and O–H groups in total. The molecule has 3 rings (SSSR count). The van der Waals surface area contributed by atoms with Gasteiger partial charge in [0.05, 0.1) is 11.0 Å². The summed E-state index contributed by atoms with van der Waals surface area (Å²) in [5, 5.41) is 0. The van der Waals surface area contributed by atoms with Gasteiger partial charge in [0.1, 0.15) is 5.82 Å². The smallest absolute Gasteiger partial charge is 0.203 e. The van der Waals surface area contributed by atoms with Gasteiger partial charge in [-0.05, 0) is 43.5 Å². The minimum Gasteiger partial charge on any atom is -0.342 e. The molecule has 1 fully saturated rings. The summed E-state index contributed by atoms with van der Waals surface area (Å²) in [4.78, 5) is 9.95. The molecular weight excluding hydrogens is 255 g/mol. The molecule has 1 aromatic carbocycles. The molecule has 1 aromatic heterocycles. The average molecular weight is 276 g/mol. The lowest BCUT2D eigenvalue weighted by atomic mass is 9.84. The van der Waals surface area contributed by atoms with Gasteiger partial charge in [-0.15, -0.1) is 0 Å². The number of H-pyrrole nitrogens is 1. The molecule has 1 aliphatic rings. The van der Waals surface area contributed by atoms with E-state index >= 15 is 0 Å². The fourth-order valence-corrected chi connectivity index (χ4v) is 3.27. The first-order valence-electron chi connectivity index (χ1n) is 7.27. The second-order valence-electron chi connectivity index (χ2n) is 5.68. The third kappa shape index (κ3) is 2.38. The fraction of sp³-hybridized carbons (Fsp3) is 0.533. The minimum atomic E-state index is -0.243. The Hall–Kier alpha value is -1.62. The van der Waals surface area contributed by atoms with Crippen LogP contribution < -0.4 is 10.6 Å². The second kappa shape index (κ2) is 5.40. The number of hydrogen-bond donors (Lipinski definition) is 2. The molecule has 2 atom stereocenters. The van der Waals surface area contributed by atoms with E-state index in [1.807, 2.05) is 7.05 Å². The average Bonchev–Trinajstić information content (AvgIpc) is 2.89. The molecule has 0 spiro atoms. The van der Waals surface area contributed by atoms with Crippen LogP contribution in [0.2, 0.25) is 0 Å². The summed E-state index contributed by atoms with van der Waals surface area (Å²) in [5.74, 6) is 1.07. The summed E-state index contributed by atoms with van der Waals surface area (Å²) in [7, 11) is 2.05. The molecule has 0 aliphatic heterocycles. The number of rotatable bonds is 3. The summed E-state index contributed by atoms with van der Waals surface area (Å²) in [6.07, 6.45) is 4.82. The van der Waals surface area contributed by atoms with E-state index in [1.165, 1.54) is 31.4 Å². The Balaban J connectivity index is 1.89. The van der Waals surface area contributed by atoms with Crippen molar-refractivity contribution in [1.82, 2.24) is 9.97 Å². The van der Waals surface area contributed by atoms with Gasteiger partial charge in [-0.25, -0.2) is 9.37 Å². The zero-order valence-corrected chi connectivity index (χ0v) is 11.8. The van der Waals surface area contributed by atoms with Gasteiger partial charge in [0.15, 0.2) is 0 Å². The van der Waals surface area contributed by atoms with Crippen molar-refractivity contribution in [3.05, 3.63) is 24.0 Å². The number of aromatic nitrogens is 2. The summed E-state index contributed by atoms with van der Waals surface area (Å²) >= 11 is 0. The quantitative estimate of drug-likeness (QED) is 0.906. The zero-order chi connectivity index (χ0) is 14.1. The summed E-state index contributed by atoms with van der Waals surface area (Å²) in [6, 6.07) is 5.05. The second-order valence-corrected chi connectivity index (χ2v) is 5.68. The van der Waals surface area contributed by atoms with Crippen LogP contribution >= 0.6 is 0 Å². The lowest BCUT2D eigenvalue weighted by Crippen LogP contribution is -2.43. The topological polar surface area (TPSA) is 57.9 Å². The van der Waals surface area contributed by atoms with Crippen molar-refractivity contribution in [2.24, 2.45) is 11.7 Å². The van der Waals surface area contributed by atoms with Crippen LogP contribution in [0.15, 0.2) is 18.2 Å². The Morgan fingerprint density at radius 3 is 3.00 bits per heavy atom. The van der Waals surface area contributed by atoms with Crippen LogP contribution in [-0.4, -0.2) is 29.6 Å². The molecule has 1 heterocycles. The highest BCUT2D eigenvalue weighted by Gasteiger charge is 2.28. The van der Waals surface area contributed by atoms with E-state index in [0.717, 1.165) is 23.4 Å². The molecular formula is C15H21FN4. The van der Waals surface area contributed by atoms with Gasteiger partial charge in [-0.2, -0.15) is 0 Å². The predicted octanol–water partition coefficient (Wildman–Crippen LogP) is 2.66. The lowest BCUT2D eigenvalue weighted by molar-refractivity contribution is 0.305.